The highest BCUT2D eigenvalue weighted by Gasteiger charge is 2.18. The van der Waals surface area contributed by atoms with Crippen LogP contribution in [0.4, 0.5) is 0 Å². The van der Waals surface area contributed by atoms with Crippen LogP contribution in [0.5, 0.6) is 5.75 Å². The lowest BCUT2D eigenvalue weighted by Crippen LogP contribution is -2.41. The molecular formula is C20H32N4O3. The van der Waals surface area contributed by atoms with Gasteiger partial charge in [-0.1, -0.05) is 26.0 Å². The molecule has 1 aliphatic heterocycles. The molecule has 1 amide bonds. The molecule has 0 aromatic heterocycles. The van der Waals surface area contributed by atoms with E-state index in [1.54, 1.807) is 7.05 Å². The Bertz CT molecular complexity index is 640. The van der Waals surface area contributed by atoms with Crippen molar-refractivity contribution in [1.29, 1.82) is 0 Å². The van der Waals surface area contributed by atoms with Gasteiger partial charge in [0.15, 0.2) is 5.96 Å². The van der Waals surface area contributed by atoms with Crippen molar-refractivity contribution in [2.75, 3.05) is 33.4 Å². The molecule has 0 aliphatic carbocycles. The number of hydrogen-bond donors (Lipinski definition) is 3. The summed E-state index contributed by atoms with van der Waals surface area (Å²) in [5.41, 5.74) is 2.24. The number of guanidine groups is 1. The van der Waals surface area contributed by atoms with Crippen LogP contribution in [0.1, 0.15) is 31.4 Å². The maximum absolute atomic E-state index is 11.6. The summed E-state index contributed by atoms with van der Waals surface area (Å²) in [6.45, 7) is 8.97. The zero-order chi connectivity index (χ0) is 19.6. The molecule has 1 saturated heterocycles. The van der Waals surface area contributed by atoms with Crippen LogP contribution in [0.25, 0.3) is 0 Å². The van der Waals surface area contributed by atoms with E-state index in [4.69, 9.17) is 9.47 Å². The van der Waals surface area contributed by atoms with Crippen molar-refractivity contribution >= 4 is 11.9 Å². The second-order valence-electron chi connectivity index (χ2n) is 7.01. The molecular weight excluding hydrogens is 344 g/mol. The van der Waals surface area contributed by atoms with Gasteiger partial charge in [0.2, 0.25) is 5.91 Å². The van der Waals surface area contributed by atoms with Gasteiger partial charge in [0.1, 0.15) is 11.9 Å². The summed E-state index contributed by atoms with van der Waals surface area (Å²) in [5, 5.41) is 9.37. The van der Waals surface area contributed by atoms with Crippen molar-refractivity contribution in [3.05, 3.63) is 29.3 Å². The highest BCUT2D eigenvalue weighted by Crippen LogP contribution is 2.23. The van der Waals surface area contributed by atoms with Crippen LogP contribution in [0, 0.1) is 12.8 Å². The van der Waals surface area contributed by atoms with Crippen molar-refractivity contribution < 1.29 is 14.3 Å². The molecule has 150 valence electrons. The van der Waals surface area contributed by atoms with Gasteiger partial charge in [-0.2, -0.15) is 0 Å². The molecule has 27 heavy (non-hydrogen) atoms. The summed E-state index contributed by atoms with van der Waals surface area (Å²) in [7, 11) is 1.73. The molecule has 1 aliphatic rings. The minimum atomic E-state index is -0.00679. The fourth-order valence-electron chi connectivity index (χ4n) is 2.67. The first-order valence-electron chi connectivity index (χ1n) is 9.55. The highest BCUT2D eigenvalue weighted by atomic mass is 16.5. The van der Waals surface area contributed by atoms with Crippen LogP contribution in [0.15, 0.2) is 23.2 Å². The van der Waals surface area contributed by atoms with Gasteiger partial charge in [-0.25, -0.2) is 0 Å². The lowest BCUT2D eigenvalue weighted by atomic mass is 10.1. The molecule has 1 fully saturated rings. The van der Waals surface area contributed by atoms with Gasteiger partial charge in [-0.15, -0.1) is 0 Å². The SMILES string of the molecule is CN=C(NCCNC(=O)C(C)C)NCc1ccc(C)cc1OC1CCOC1. The third-order valence-electron chi connectivity index (χ3n) is 4.32. The van der Waals surface area contributed by atoms with Crippen LogP contribution < -0.4 is 20.7 Å². The lowest BCUT2D eigenvalue weighted by molar-refractivity contribution is -0.123. The molecule has 1 aromatic carbocycles. The van der Waals surface area contributed by atoms with Crippen LogP contribution in [0.2, 0.25) is 0 Å². The monoisotopic (exact) mass is 376 g/mol. The Morgan fingerprint density at radius 1 is 1.30 bits per heavy atom. The Hall–Kier alpha value is -2.28. The average molecular weight is 377 g/mol. The largest absolute Gasteiger partial charge is 0.488 e. The number of nitrogens with zero attached hydrogens (tertiary/aromatic N) is 1. The minimum absolute atomic E-state index is 0.00679. The summed E-state index contributed by atoms with van der Waals surface area (Å²) >= 11 is 0. The smallest absolute Gasteiger partial charge is 0.222 e. The normalized spacial score (nSPS) is 17.1. The maximum Gasteiger partial charge on any atom is 0.222 e. The standard InChI is InChI=1S/C20H32N4O3/c1-14(2)19(25)22-8-9-23-20(21-4)24-12-16-6-5-15(3)11-18(16)27-17-7-10-26-13-17/h5-6,11,14,17H,7-10,12-13H2,1-4H3,(H,22,25)(H2,21,23,24). The van der Waals surface area contributed by atoms with E-state index in [2.05, 4.69) is 46.1 Å². The Labute approximate surface area is 161 Å². The molecule has 0 bridgehead atoms. The Balaban J connectivity index is 1.83. The number of hydrogen-bond acceptors (Lipinski definition) is 4. The molecule has 7 nitrogen and oxygen atoms in total. The molecule has 7 heteroatoms. The predicted molar refractivity (Wildman–Crippen MR) is 107 cm³/mol. The maximum atomic E-state index is 11.6. The summed E-state index contributed by atoms with van der Waals surface area (Å²) in [5.74, 6) is 1.62. The molecule has 1 unspecified atom stereocenters. The fourth-order valence-corrected chi connectivity index (χ4v) is 2.67. The molecule has 1 atom stereocenters. The number of carbonyl (C=O) groups excluding carboxylic acids is 1. The molecule has 3 N–H and O–H groups in total. The van der Waals surface area contributed by atoms with E-state index in [1.165, 1.54) is 0 Å². The van der Waals surface area contributed by atoms with E-state index < -0.39 is 0 Å². The van der Waals surface area contributed by atoms with Gasteiger partial charge < -0.3 is 25.4 Å². The highest BCUT2D eigenvalue weighted by molar-refractivity contribution is 5.80. The van der Waals surface area contributed by atoms with Crippen molar-refractivity contribution in [2.24, 2.45) is 10.9 Å². The summed E-state index contributed by atoms with van der Waals surface area (Å²) < 4.78 is 11.5. The minimum Gasteiger partial charge on any atom is -0.488 e. The van der Waals surface area contributed by atoms with Crippen molar-refractivity contribution in [3.8, 4) is 5.75 Å². The molecule has 2 rings (SSSR count). The predicted octanol–water partition coefficient (Wildman–Crippen LogP) is 1.60. The van der Waals surface area contributed by atoms with Gasteiger partial charge in [0.25, 0.3) is 0 Å². The summed E-state index contributed by atoms with van der Waals surface area (Å²) in [4.78, 5) is 15.8. The van der Waals surface area contributed by atoms with Crippen LogP contribution >= 0.6 is 0 Å². The quantitative estimate of drug-likeness (QED) is 0.365. The first-order valence-corrected chi connectivity index (χ1v) is 9.55. The number of ether oxygens (including phenoxy) is 2. The van der Waals surface area contributed by atoms with E-state index in [1.807, 2.05) is 13.8 Å². The number of aryl methyl sites for hydroxylation is 1. The van der Waals surface area contributed by atoms with Crippen LogP contribution in [-0.2, 0) is 16.1 Å². The zero-order valence-electron chi connectivity index (χ0n) is 16.8. The van der Waals surface area contributed by atoms with Gasteiger partial charge in [-0.05, 0) is 18.6 Å². The molecule has 0 radical (unpaired) electrons. The van der Waals surface area contributed by atoms with Gasteiger partial charge >= 0.3 is 0 Å². The number of aliphatic imine (C=N–C) groups is 1. The number of amides is 1. The molecule has 1 aromatic rings. The fraction of sp³-hybridized carbons (Fsp3) is 0.600. The van der Waals surface area contributed by atoms with Crippen LogP contribution in [0.3, 0.4) is 0 Å². The third kappa shape index (κ3) is 7.09. The Kier molecular flexibility index (Phi) is 8.39. The number of rotatable bonds is 8. The first kappa shape index (κ1) is 21.0. The molecule has 1 heterocycles. The Morgan fingerprint density at radius 2 is 2.07 bits per heavy atom. The van der Waals surface area contributed by atoms with E-state index in [9.17, 15) is 4.79 Å². The van der Waals surface area contributed by atoms with Crippen LogP contribution in [-0.4, -0.2) is 51.3 Å². The topological polar surface area (TPSA) is 84.0 Å². The van der Waals surface area contributed by atoms with E-state index >= 15 is 0 Å². The number of benzene rings is 1. The third-order valence-corrected chi connectivity index (χ3v) is 4.32. The second kappa shape index (κ2) is 10.8. The second-order valence-corrected chi connectivity index (χ2v) is 7.01. The van der Waals surface area contributed by atoms with Gasteiger partial charge in [0.05, 0.1) is 13.2 Å². The first-order chi connectivity index (χ1) is 13.0. The van der Waals surface area contributed by atoms with E-state index in [0.717, 1.165) is 29.9 Å². The average Bonchev–Trinajstić information content (AvgIpc) is 3.15. The van der Waals surface area contributed by atoms with Crippen molar-refractivity contribution in [2.45, 2.75) is 39.8 Å². The van der Waals surface area contributed by atoms with E-state index in [-0.39, 0.29) is 17.9 Å². The summed E-state index contributed by atoms with van der Waals surface area (Å²) in [6.07, 6.45) is 1.04. The Morgan fingerprint density at radius 3 is 2.74 bits per heavy atom. The van der Waals surface area contributed by atoms with Gasteiger partial charge in [-0.3, -0.25) is 9.79 Å². The van der Waals surface area contributed by atoms with E-state index in [0.29, 0.717) is 32.2 Å². The number of nitrogens with one attached hydrogen (secondary N) is 3. The molecule has 0 spiro atoms. The molecule has 0 saturated carbocycles. The zero-order valence-corrected chi connectivity index (χ0v) is 16.8. The summed E-state index contributed by atoms with van der Waals surface area (Å²) in [6, 6.07) is 6.21. The van der Waals surface area contributed by atoms with Crippen molar-refractivity contribution in [3.63, 3.8) is 0 Å². The van der Waals surface area contributed by atoms with Gasteiger partial charge in [0, 0.05) is 44.6 Å². The van der Waals surface area contributed by atoms with Crippen molar-refractivity contribution in [1.82, 2.24) is 16.0 Å². The lowest BCUT2D eigenvalue weighted by Gasteiger charge is -2.18. The number of carbonyl (C=O) groups is 1.